The Bertz CT molecular complexity index is 761. The van der Waals surface area contributed by atoms with E-state index in [4.69, 9.17) is 5.73 Å². The highest BCUT2D eigenvalue weighted by atomic mass is 32.2. The number of aliphatic imine (C=N–C) groups is 1. The highest BCUT2D eigenvalue weighted by Gasteiger charge is 2.09. The largest absolute Gasteiger partial charge is 0.379 e. The number of nitrogens with two attached hydrogens (primary N) is 1. The Balaban J connectivity index is 2.00. The molecule has 1 aromatic heterocycles. The number of aromatic nitrogens is 2. The van der Waals surface area contributed by atoms with Crippen molar-refractivity contribution in [3.8, 4) is 0 Å². The number of carbonyl (C=O) groups excluding carboxylic acids is 1. The van der Waals surface area contributed by atoms with Crippen LogP contribution in [0.15, 0.2) is 41.7 Å². The normalized spacial score (nSPS) is 11.3. The van der Waals surface area contributed by atoms with Crippen LogP contribution < -0.4 is 16.0 Å². The topological polar surface area (TPSA) is 96.5 Å². The number of amidine groups is 1. The van der Waals surface area contributed by atoms with E-state index in [0.717, 1.165) is 17.7 Å². The Labute approximate surface area is 158 Å². The van der Waals surface area contributed by atoms with E-state index in [2.05, 4.69) is 27.2 Å². The molecule has 0 bridgehead atoms. The van der Waals surface area contributed by atoms with Crippen LogP contribution in [-0.4, -0.2) is 40.9 Å². The predicted octanol–water partition coefficient (Wildman–Crippen LogP) is 2.75. The van der Waals surface area contributed by atoms with E-state index in [0.29, 0.717) is 23.2 Å². The highest BCUT2D eigenvalue weighted by molar-refractivity contribution is 8.13. The molecular formula is C18H24N6OS. The van der Waals surface area contributed by atoms with Crippen LogP contribution in [0.4, 0.5) is 11.5 Å². The van der Waals surface area contributed by atoms with Crippen LogP contribution in [-0.2, 0) is 6.54 Å². The number of anilines is 2. The van der Waals surface area contributed by atoms with Crippen molar-refractivity contribution in [3.05, 3.63) is 47.9 Å². The summed E-state index contributed by atoms with van der Waals surface area (Å²) in [5, 5.41) is 3.41. The first kappa shape index (κ1) is 19.7. The molecule has 0 saturated heterocycles. The lowest BCUT2D eigenvalue weighted by Gasteiger charge is -2.10. The quantitative estimate of drug-likeness (QED) is 0.573. The zero-order valence-corrected chi connectivity index (χ0v) is 16.1. The van der Waals surface area contributed by atoms with Crippen LogP contribution in [0.2, 0.25) is 0 Å². The summed E-state index contributed by atoms with van der Waals surface area (Å²) in [6.07, 6.45) is 4.09. The third-order valence-corrected chi connectivity index (χ3v) is 4.42. The fourth-order valence-electron chi connectivity index (χ4n) is 2.03. The maximum Gasteiger partial charge on any atom is 0.275 e. The molecule has 3 N–H and O–H groups in total. The lowest BCUT2D eigenvalue weighted by Crippen LogP contribution is -2.16. The van der Waals surface area contributed by atoms with Crippen LogP contribution >= 0.6 is 11.8 Å². The molecule has 0 spiro atoms. The summed E-state index contributed by atoms with van der Waals surface area (Å²) in [5.41, 5.74) is 7.77. The Morgan fingerprint density at radius 1 is 1.31 bits per heavy atom. The van der Waals surface area contributed by atoms with Gasteiger partial charge in [-0.2, -0.15) is 0 Å². The van der Waals surface area contributed by atoms with Crippen molar-refractivity contribution in [2.45, 2.75) is 19.9 Å². The first-order chi connectivity index (χ1) is 12.5. The minimum atomic E-state index is -0.304. The molecule has 26 heavy (non-hydrogen) atoms. The lowest BCUT2D eigenvalue weighted by atomic mass is 10.2. The van der Waals surface area contributed by atoms with Gasteiger partial charge in [0.2, 0.25) is 0 Å². The molecule has 0 aliphatic heterocycles. The molecule has 7 nitrogen and oxygen atoms in total. The van der Waals surface area contributed by atoms with E-state index in [1.165, 1.54) is 6.20 Å². The third-order valence-electron chi connectivity index (χ3n) is 3.39. The smallest absolute Gasteiger partial charge is 0.275 e. The zero-order valence-electron chi connectivity index (χ0n) is 15.3. The van der Waals surface area contributed by atoms with Gasteiger partial charge in [0.15, 0.2) is 5.17 Å². The Hall–Kier alpha value is -2.61. The van der Waals surface area contributed by atoms with E-state index in [1.807, 2.05) is 43.3 Å². The third kappa shape index (κ3) is 6.03. The van der Waals surface area contributed by atoms with Crippen molar-refractivity contribution < 1.29 is 4.79 Å². The zero-order chi connectivity index (χ0) is 18.9. The Kier molecular flexibility index (Phi) is 7.40. The molecule has 0 saturated carbocycles. The molecule has 1 amide bonds. The monoisotopic (exact) mass is 372 g/mol. The number of carbonyl (C=O) groups is 1. The maximum atomic E-state index is 12.3. The summed E-state index contributed by atoms with van der Waals surface area (Å²) in [7, 11) is 3.73. The molecule has 1 heterocycles. The molecule has 2 aromatic rings. The SMILES string of the molecule is CCCS/C(N)=N\Cc1cccc(NC(=O)c2cnc(N(C)C)cn2)c1. The average Bonchev–Trinajstić information content (AvgIpc) is 2.65. The number of hydrogen-bond acceptors (Lipinski definition) is 6. The predicted molar refractivity (Wildman–Crippen MR) is 109 cm³/mol. The van der Waals surface area contributed by atoms with Gasteiger partial charge in [0.1, 0.15) is 11.5 Å². The van der Waals surface area contributed by atoms with Gasteiger partial charge in [-0.1, -0.05) is 30.8 Å². The summed E-state index contributed by atoms with van der Waals surface area (Å²) in [4.78, 5) is 26.8. The van der Waals surface area contributed by atoms with Crippen LogP contribution in [0.3, 0.4) is 0 Å². The Morgan fingerprint density at radius 3 is 2.77 bits per heavy atom. The van der Waals surface area contributed by atoms with Crippen molar-refractivity contribution in [1.29, 1.82) is 0 Å². The highest BCUT2D eigenvalue weighted by Crippen LogP contribution is 2.14. The molecule has 0 radical (unpaired) electrons. The number of hydrogen-bond donors (Lipinski definition) is 2. The molecule has 0 atom stereocenters. The van der Waals surface area contributed by atoms with Crippen LogP contribution in [0, 0.1) is 0 Å². The van der Waals surface area contributed by atoms with Gasteiger partial charge in [-0.05, 0) is 24.1 Å². The van der Waals surface area contributed by atoms with E-state index in [1.54, 1.807) is 18.0 Å². The number of benzene rings is 1. The van der Waals surface area contributed by atoms with Gasteiger partial charge in [-0.25, -0.2) is 9.97 Å². The minimum absolute atomic E-state index is 0.263. The van der Waals surface area contributed by atoms with Gasteiger partial charge >= 0.3 is 0 Å². The van der Waals surface area contributed by atoms with Crippen LogP contribution in [0.1, 0.15) is 29.4 Å². The van der Waals surface area contributed by atoms with Gasteiger partial charge in [0, 0.05) is 25.5 Å². The van der Waals surface area contributed by atoms with Crippen molar-refractivity contribution in [1.82, 2.24) is 9.97 Å². The molecule has 2 rings (SSSR count). The number of rotatable bonds is 7. The summed E-state index contributed by atoms with van der Waals surface area (Å²) in [6.45, 7) is 2.58. The van der Waals surface area contributed by atoms with Crippen molar-refractivity contribution in [2.75, 3.05) is 30.1 Å². The second-order valence-electron chi connectivity index (χ2n) is 5.81. The first-order valence-corrected chi connectivity index (χ1v) is 9.30. The van der Waals surface area contributed by atoms with Crippen LogP contribution in [0.25, 0.3) is 0 Å². The van der Waals surface area contributed by atoms with Crippen molar-refractivity contribution in [3.63, 3.8) is 0 Å². The fourth-order valence-corrected chi connectivity index (χ4v) is 2.60. The van der Waals surface area contributed by atoms with E-state index < -0.39 is 0 Å². The number of nitrogens with zero attached hydrogens (tertiary/aromatic N) is 4. The molecule has 1 aromatic carbocycles. The molecule has 138 valence electrons. The molecule has 0 aliphatic rings. The van der Waals surface area contributed by atoms with Gasteiger partial charge in [0.25, 0.3) is 5.91 Å². The fraction of sp³-hybridized carbons (Fsp3) is 0.333. The van der Waals surface area contributed by atoms with Crippen molar-refractivity contribution >= 4 is 34.3 Å². The molecule has 0 aliphatic carbocycles. The second kappa shape index (κ2) is 9.76. The first-order valence-electron chi connectivity index (χ1n) is 8.32. The summed E-state index contributed by atoms with van der Waals surface area (Å²) >= 11 is 1.55. The number of amides is 1. The van der Waals surface area contributed by atoms with E-state index in [-0.39, 0.29) is 11.6 Å². The molecule has 0 fully saturated rings. The van der Waals surface area contributed by atoms with Gasteiger partial charge in [-0.15, -0.1) is 0 Å². The standard InChI is InChI=1S/C18H24N6OS/c1-4-8-26-18(19)22-10-13-6-5-7-14(9-13)23-17(25)15-11-21-16(12-20-15)24(2)3/h5-7,9,11-12H,4,8,10H2,1-3H3,(H2,19,22)(H,23,25). The van der Waals surface area contributed by atoms with E-state index >= 15 is 0 Å². The summed E-state index contributed by atoms with van der Waals surface area (Å²) < 4.78 is 0. The minimum Gasteiger partial charge on any atom is -0.379 e. The second-order valence-corrected chi connectivity index (χ2v) is 6.93. The van der Waals surface area contributed by atoms with Gasteiger partial charge < -0.3 is 16.0 Å². The van der Waals surface area contributed by atoms with Crippen LogP contribution in [0.5, 0.6) is 0 Å². The average molecular weight is 372 g/mol. The lowest BCUT2D eigenvalue weighted by molar-refractivity contribution is 0.102. The Morgan fingerprint density at radius 2 is 2.12 bits per heavy atom. The maximum absolute atomic E-state index is 12.3. The number of nitrogens with one attached hydrogen (secondary N) is 1. The number of thioether (sulfide) groups is 1. The summed E-state index contributed by atoms with van der Waals surface area (Å²) in [6, 6.07) is 7.52. The molecule has 8 heteroatoms. The molecule has 0 unspecified atom stereocenters. The van der Waals surface area contributed by atoms with E-state index in [9.17, 15) is 4.79 Å². The summed E-state index contributed by atoms with van der Waals surface area (Å²) in [5.74, 6) is 1.35. The van der Waals surface area contributed by atoms with Crippen molar-refractivity contribution in [2.24, 2.45) is 10.7 Å². The van der Waals surface area contributed by atoms with Gasteiger partial charge in [-0.3, -0.25) is 9.79 Å². The van der Waals surface area contributed by atoms with Gasteiger partial charge in [0.05, 0.1) is 18.9 Å². The molecular weight excluding hydrogens is 348 g/mol.